The molecule has 0 bridgehead atoms. The van der Waals surface area contributed by atoms with Crippen LogP contribution in [0.25, 0.3) is 43.5 Å². The molecule has 6 aromatic rings. The molecule has 0 amide bonds. The predicted molar refractivity (Wildman–Crippen MR) is 151 cm³/mol. The zero-order chi connectivity index (χ0) is 25.2. The first-order chi connectivity index (χ1) is 17.4. The Morgan fingerprint density at radius 2 is 1.57 bits per heavy atom. The summed E-state index contributed by atoms with van der Waals surface area (Å²) >= 11 is 1.71. The van der Waals surface area contributed by atoms with Crippen LogP contribution in [0.3, 0.4) is 0 Å². The molecule has 0 aliphatic rings. The molecule has 0 fully saturated rings. The minimum Gasteiger partial charge on any atom is -0.304 e. The predicted octanol–water partition coefficient (Wildman–Crippen LogP) is 8.40. The van der Waals surface area contributed by atoms with Gasteiger partial charge in [0.05, 0.1) is 0 Å². The van der Waals surface area contributed by atoms with Crippen LogP contribution in [0.4, 0.5) is 0 Å². The van der Waals surface area contributed by atoms with Crippen molar-refractivity contribution >= 4 is 32.3 Å². The number of thiophene rings is 1. The first-order valence-corrected chi connectivity index (χ1v) is 12.8. The van der Waals surface area contributed by atoms with E-state index in [-0.39, 0.29) is 20.1 Å². The van der Waals surface area contributed by atoms with Crippen LogP contribution in [-0.2, 0) is 20.1 Å². The number of hydrogen-bond acceptors (Lipinski definition) is 4. The number of fused-ring (bicyclic) bond motifs is 3. The Morgan fingerprint density at radius 3 is 2.30 bits per heavy atom. The fourth-order valence-electron chi connectivity index (χ4n) is 4.04. The van der Waals surface area contributed by atoms with E-state index in [1.165, 1.54) is 27.0 Å². The van der Waals surface area contributed by atoms with E-state index in [4.69, 9.17) is 0 Å². The van der Waals surface area contributed by atoms with Crippen LogP contribution in [0.5, 0.6) is 0 Å². The SMILES string of the molecule is Cc1c[c-]c(-c2cc(C)c(C)cn2)cc1C.Cc1cnc2c(c1)c(-c1ccccn1)[c-]c1ccsc12.[Ir]. The average molecular weight is 678 g/mol. The summed E-state index contributed by atoms with van der Waals surface area (Å²) in [6, 6.07) is 23.3. The molecule has 187 valence electrons. The number of nitrogens with zero attached hydrogens (tertiary/aromatic N) is 3. The molecule has 6 rings (SSSR count). The van der Waals surface area contributed by atoms with Gasteiger partial charge in [-0.2, -0.15) is 11.3 Å². The second-order valence-corrected chi connectivity index (χ2v) is 10.1. The van der Waals surface area contributed by atoms with Crippen molar-refractivity contribution < 1.29 is 20.1 Å². The normalized spacial score (nSPS) is 10.6. The zero-order valence-electron chi connectivity index (χ0n) is 21.5. The van der Waals surface area contributed by atoms with Crippen LogP contribution in [0.15, 0.2) is 72.5 Å². The van der Waals surface area contributed by atoms with Gasteiger partial charge in [0.15, 0.2) is 0 Å². The molecule has 0 aliphatic carbocycles. The Balaban J connectivity index is 0.000000173. The van der Waals surface area contributed by atoms with Crippen LogP contribution >= 0.6 is 11.3 Å². The number of pyridine rings is 3. The van der Waals surface area contributed by atoms with Crippen LogP contribution in [0, 0.1) is 46.8 Å². The molecular formula is C32H27IrN3S-2. The van der Waals surface area contributed by atoms with Crippen molar-refractivity contribution in [2.45, 2.75) is 34.6 Å². The van der Waals surface area contributed by atoms with Crippen molar-refractivity contribution in [3.05, 3.63) is 112 Å². The Bertz CT molecular complexity index is 1640. The third-order valence-electron chi connectivity index (χ3n) is 6.43. The van der Waals surface area contributed by atoms with Gasteiger partial charge in [0.25, 0.3) is 0 Å². The van der Waals surface area contributed by atoms with E-state index < -0.39 is 0 Å². The molecule has 1 radical (unpaired) electrons. The fourth-order valence-corrected chi connectivity index (χ4v) is 4.90. The van der Waals surface area contributed by atoms with Gasteiger partial charge in [-0.1, -0.05) is 54.6 Å². The first-order valence-electron chi connectivity index (χ1n) is 11.9. The van der Waals surface area contributed by atoms with Gasteiger partial charge in [-0.3, -0.25) is 9.97 Å². The van der Waals surface area contributed by atoms with Gasteiger partial charge in [0.1, 0.15) is 0 Å². The third kappa shape index (κ3) is 5.70. The molecule has 0 unspecified atom stereocenters. The Morgan fingerprint density at radius 1 is 0.757 bits per heavy atom. The van der Waals surface area contributed by atoms with Crippen molar-refractivity contribution in [1.82, 2.24) is 15.0 Å². The van der Waals surface area contributed by atoms with E-state index in [0.29, 0.717) is 0 Å². The molecule has 0 spiro atoms. The summed E-state index contributed by atoms with van der Waals surface area (Å²) in [5.74, 6) is 0. The Kier molecular flexibility index (Phi) is 8.29. The van der Waals surface area contributed by atoms with Gasteiger partial charge >= 0.3 is 0 Å². The summed E-state index contributed by atoms with van der Waals surface area (Å²) in [5.41, 5.74) is 11.3. The number of aryl methyl sites for hydroxylation is 5. The third-order valence-corrected chi connectivity index (χ3v) is 7.35. The van der Waals surface area contributed by atoms with E-state index in [1.54, 1.807) is 11.3 Å². The molecule has 0 saturated carbocycles. The van der Waals surface area contributed by atoms with Crippen LogP contribution < -0.4 is 0 Å². The maximum Gasteiger partial charge on any atom is 0.0283 e. The summed E-state index contributed by atoms with van der Waals surface area (Å²) in [6.07, 6.45) is 5.66. The van der Waals surface area contributed by atoms with Crippen molar-refractivity contribution in [3.63, 3.8) is 0 Å². The van der Waals surface area contributed by atoms with Gasteiger partial charge in [-0.15, -0.1) is 52.4 Å². The van der Waals surface area contributed by atoms with Crippen LogP contribution in [-0.4, -0.2) is 15.0 Å². The number of aromatic nitrogens is 3. The molecule has 4 heterocycles. The summed E-state index contributed by atoms with van der Waals surface area (Å²) in [7, 11) is 0. The van der Waals surface area contributed by atoms with Gasteiger partial charge in [0.2, 0.25) is 0 Å². The quantitative estimate of drug-likeness (QED) is 0.173. The maximum atomic E-state index is 4.63. The first kappa shape index (κ1) is 26.8. The monoisotopic (exact) mass is 678 g/mol. The zero-order valence-corrected chi connectivity index (χ0v) is 24.7. The topological polar surface area (TPSA) is 38.7 Å². The van der Waals surface area contributed by atoms with Gasteiger partial charge in [-0.05, 0) is 53.7 Å². The van der Waals surface area contributed by atoms with Gasteiger partial charge in [0, 0.05) is 49.9 Å². The smallest absolute Gasteiger partial charge is 0.0283 e. The summed E-state index contributed by atoms with van der Waals surface area (Å²) in [6.45, 7) is 10.5. The number of rotatable bonds is 2. The average Bonchev–Trinajstić information content (AvgIpc) is 3.36. The molecule has 5 heteroatoms. The van der Waals surface area contributed by atoms with Crippen molar-refractivity contribution in [3.8, 4) is 22.5 Å². The maximum absolute atomic E-state index is 4.63. The largest absolute Gasteiger partial charge is 0.304 e. The van der Waals surface area contributed by atoms with E-state index in [2.05, 4.69) is 91.3 Å². The summed E-state index contributed by atoms with van der Waals surface area (Å²) < 4.78 is 1.19. The van der Waals surface area contributed by atoms with Crippen molar-refractivity contribution in [2.75, 3.05) is 0 Å². The molecule has 37 heavy (non-hydrogen) atoms. The second-order valence-electron chi connectivity index (χ2n) is 9.15. The van der Waals surface area contributed by atoms with E-state index in [0.717, 1.165) is 44.4 Å². The molecule has 2 aromatic carbocycles. The standard InChI is InChI=1S/C17H11N2S.C15H16N.Ir/c1-11-8-14-13(15-4-2-3-6-18-15)9-12-5-7-20-17(12)16(14)19-10-11;1-10-5-6-14(7-11(10)2)15-8-12(3)13(4)9-16-15;/h2-8,10H,1H3;5,7-9H,1-4H3;/q2*-1;. The minimum atomic E-state index is 0. The molecule has 4 aromatic heterocycles. The molecule has 3 nitrogen and oxygen atoms in total. The van der Waals surface area contributed by atoms with E-state index >= 15 is 0 Å². The Labute approximate surface area is 236 Å². The Hall–Kier alpha value is -3.24. The summed E-state index contributed by atoms with van der Waals surface area (Å²) in [5, 5.41) is 4.32. The number of hydrogen-bond donors (Lipinski definition) is 0. The van der Waals surface area contributed by atoms with Crippen LogP contribution in [0.1, 0.15) is 27.8 Å². The molecular weight excluding hydrogens is 651 g/mol. The van der Waals surface area contributed by atoms with E-state index in [1.807, 2.05) is 42.9 Å². The van der Waals surface area contributed by atoms with E-state index in [9.17, 15) is 0 Å². The molecule has 0 aliphatic heterocycles. The molecule has 0 atom stereocenters. The van der Waals surface area contributed by atoms with Gasteiger partial charge in [-0.25, -0.2) is 0 Å². The van der Waals surface area contributed by atoms with Crippen LogP contribution in [0.2, 0.25) is 0 Å². The van der Waals surface area contributed by atoms with Crippen molar-refractivity contribution in [1.29, 1.82) is 0 Å². The molecule has 0 saturated heterocycles. The van der Waals surface area contributed by atoms with Crippen molar-refractivity contribution in [2.24, 2.45) is 0 Å². The second kappa shape index (κ2) is 11.4. The fraction of sp³-hybridized carbons (Fsp3) is 0.156. The minimum absolute atomic E-state index is 0. The number of benzene rings is 2. The summed E-state index contributed by atoms with van der Waals surface area (Å²) in [4.78, 5) is 13.5. The molecule has 0 N–H and O–H groups in total. The van der Waals surface area contributed by atoms with Gasteiger partial charge < -0.3 is 4.98 Å².